The van der Waals surface area contributed by atoms with Gasteiger partial charge in [-0.15, -0.1) is 11.3 Å². The molecule has 0 aliphatic carbocycles. The quantitative estimate of drug-likeness (QED) is 0.200. The zero-order valence-electron chi connectivity index (χ0n) is 23.4. The van der Waals surface area contributed by atoms with Crippen molar-refractivity contribution in [2.24, 2.45) is 0 Å². The fourth-order valence-corrected chi connectivity index (χ4v) is 6.79. The maximum absolute atomic E-state index is 13.9. The summed E-state index contributed by atoms with van der Waals surface area (Å²) >= 11 is 1.68. The molecule has 1 fully saturated rings. The van der Waals surface area contributed by atoms with Crippen LogP contribution in [0.1, 0.15) is 51.4 Å². The summed E-state index contributed by atoms with van der Waals surface area (Å²) in [4.78, 5) is 20.8. The van der Waals surface area contributed by atoms with Crippen LogP contribution in [0.4, 0.5) is 5.69 Å². The van der Waals surface area contributed by atoms with Gasteiger partial charge in [-0.1, -0.05) is 72.8 Å². The van der Waals surface area contributed by atoms with Gasteiger partial charge in [0.15, 0.2) is 0 Å². The molecule has 0 radical (unpaired) electrons. The van der Waals surface area contributed by atoms with Gasteiger partial charge in [-0.2, -0.15) is 0 Å². The fraction of sp³-hybridized carbons (Fsp3) is 0.257. The summed E-state index contributed by atoms with van der Waals surface area (Å²) in [5.41, 5.74) is 7.57. The molecule has 2 aromatic heterocycles. The Labute approximate surface area is 245 Å². The van der Waals surface area contributed by atoms with Crippen molar-refractivity contribution in [1.29, 1.82) is 0 Å². The van der Waals surface area contributed by atoms with Crippen molar-refractivity contribution in [1.82, 2.24) is 9.88 Å². The van der Waals surface area contributed by atoms with Crippen molar-refractivity contribution in [3.8, 4) is 5.75 Å². The predicted molar refractivity (Wildman–Crippen MR) is 168 cm³/mol. The number of nitrogens with zero attached hydrogens (tertiary/aromatic N) is 2. The number of thiophene rings is 1. The number of likely N-dealkylation sites (tertiary alicyclic amines) is 1. The van der Waals surface area contributed by atoms with Crippen LogP contribution in [0.3, 0.4) is 0 Å². The standard InChI is InChI=1S/C35H35N3O2S/c1-40-30-16-13-25(14-17-30)12-15-29-24-41-34-32(29)37-23-31(33(34)36-22-26-8-4-2-5-9-26)35(39)38-20-18-28(19-21-38)27-10-6-3-7-11-27/h2-11,13-14,16-17,23-24,28H,12,15,18-22H2,1H3,(H,36,37). The zero-order chi connectivity index (χ0) is 28.0. The number of nitrogens with one attached hydrogen (secondary N) is 1. The number of hydrogen-bond donors (Lipinski definition) is 1. The molecule has 6 rings (SSSR count). The average molecular weight is 562 g/mol. The minimum atomic E-state index is 0.0645. The van der Waals surface area contributed by atoms with Gasteiger partial charge in [0.2, 0.25) is 0 Å². The summed E-state index contributed by atoms with van der Waals surface area (Å²) in [6.45, 7) is 2.16. The van der Waals surface area contributed by atoms with Crippen molar-refractivity contribution in [3.05, 3.63) is 124 Å². The Hall–Kier alpha value is -4.16. The second-order valence-corrected chi connectivity index (χ2v) is 11.5. The number of carbonyl (C=O) groups excluding carboxylic acids is 1. The molecular formula is C35H35N3O2S. The van der Waals surface area contributed by atoms with E-state index in [0.717, 1.165) is 60.4 Å². The number of piperidine rings is 1. The smallest absolute Gasteiger partial charge is 0.257 e. The topological polar surface area (TPSA) is 54.5 Å². The lowest BCUT2D eigenvalue weighted by molar-refractivity contribution is 0.0713. The Morgan fingerprint density at radius 2 is 1.63 bits per heavy atom. The molecule has 1 aliphatic rings. The number of anilines is 1. The first-order chi connectivity index (χ1) is 20.2. The van der Waals surface area contributed by atoms with Crippen molar-refractivity contribution in [3.63, 3.8) is 0 Å². The second-order valence-electron chi connectivity index (χ2n) is 10.6. The Morgan fingerprint density at radius 3 is 2.34 bits per heavy atom. The molecule has 0 saturated carbocycles. The van der Waals surface area contributed by atoms with Crippen LogP contribution >= 0.6 is 11.3 Å². The van der Waals surface area contributed by atoms with Crippen LogP contribution in [0, 0.1) is 0 Å². The van der Waals surface area contributed by atoms with E-state index in [-0.39, 0.29) is 5.91 Å². The zero-order valence-corrected chi connectivity index (χ0v) is 24.2. The van der Waals surface area contributed by atoms with E-state index in [4.69, 9.17) is 9.72 Å². The summed E-state index contributed by atoms with van der Waals surface area (Å²) in [5.74, 6) is 1.43. The first kappa shape index (κ1) is 27.0. The van der Waals surface area contributed by atoms with E-state index in [1.807, 2.05) is 35.2 Å². The van der Waals surface area contributed by atoms with Gasteiger partial charge < -0.3 is 15.0 Å². The SMILES string of the molecule is COc1ccc(CCc2csc3c(NCc4ccccc4)c(C(=O)N4CCC(c5ccccc5)CC4)cnc23)cc1. The Balaban J connectivity index is 1.24. The van der Waals surface area contributed by atoms with Crippen LogP contribution in [0.5, 0.6) is 5.75 Å². The molecule has 41 heavy (non-hydrogen) atoms. The van der Waals surface area contributed by atoms with Crippen molar-refractivity contribution >= 4 is 33.1 Å². The number of hydrogen-bond acceptors (Lipinski definition) is 5. The van der Waals surface area contributed by atoms with Crippen LogP contribution < -0.4 is 10.1 Å². The summed E-state index contributed by atoms with van der Waals surface area (Å²) in [7, 11) is 1.69. The van der Waals surface area contributed by atoms with Gasteiger partial charge in [-0.3, -0.25) is 9.78 Å². The first-order valence-electron chi connectivity index (χ1n) is 14.3. The maximum Gasteiger partial charge on any atom is 0.257 e. The molecule has 1 saturated heterocycles. The van der Waals surface area contributed by atoms with Gasteiger partial charge >= 0.3 is 0 Å². The Morgan fingerprint density at radius 1 is 0.927 bits per heavy atom. The molecule has 0 spiro atoms. The van der Waals surface area contributed by atoms with Crippen LogP contribution in [0.25, 0.3) is 10.2 Å². The molecule has 3 heterocycles. The van der Waals surface area contributed by atoms with E-state index in [1.54, 1.807) is 24.6 Å². The lowest BCUT2D eigenvalue weighted by atomic mass is 9.89. The highest BCUT2D eigenvalue weighted by Crippen LogP contribution is 2.36. The monoisotopic (exact) mass is 561 g/mol. The predicted octanol–water partition coefficient (Wildman–Crippen LogP) is 7.72. The van der Waals surface area contributed by atoms with E-state index in [9.17, 15) is 4.79 Å². The summed E-state index contributed by atoms with van der Waals surface area (Å²) in [6, 6.07) is 29.2. The number of methoxy groups -OCH3 is 1. The van der Waals surface area contributed by atoms with Crippen LogP contribution in [-0.2, 0) is 19.4 Å². The van der Waals surface area contributed by atoms with Crippen molar-refractivity contribution in [2.45, 2.75) is 38.1 Å². The van der Waals surface area contributed by atoms with Gasteiger partial charge in [0.05, 0.1) is 28.6 Å². The molecule has 3 aromatic carbocycles. The maximum atomic E-state index is 13.9. The van der Waals surface area contributed by atoms with Gasteiger partial charge in [0, 0.05) is 25.8 Å². The number of aryl methyl sites for hydroxylation is 2. The van der Waals surface area contributed by atoms with E-state index < -0.39 is 0 Å². The Kier molecular flexibility index (Phi) is 8.28. The molecule has 1 N–H and O–H groups in total. The van der Waals surface area contributed by atoms with Crippen molar-refractivity contribution in [2.75, 3.05) is 25.5 Å². The molecule has 208 valence electrons. The third-order valence-corrected chi connectivity index (χ3v) is 9.13. The third kappa shape index (κ3) is 6.13. The van der Waals surface area contributed by atoms with Gasteiger partial charge in [0.1, 0.15) is 5.75 Å². The minimum Gasteiger partial charge on any atom is -0.497 e. The van der Waals surface area contributed by atoms with Crippen LogP contribution in [0.15, 0.2) is 96.5 Å². The summed E-state index contributed by atoms with van der Waals surface area (Å²) < 4.78 is 6.35. The number of rotatable bonds is 9. The highest BCUT2D eigenvalue weighted by Gasteiger charge is 2.27. The molecule has 0 atom stereocenters. The summed E-state index contributed by atoms with van der Waals surface area (Å²) in [6.07, 6.45) is 5.56. The lowest BCUT2D eigenvalue weighted by Crippen LogP contribution is -2.38. The van der Waals surface area contributed by atoms with Gasteiger partial charge in [-0.25, -0.2) is 0 Å². The number of pyridine rings is 1. The van der Waals surface area contributed by atoms with Gasteiger partial charge in [-0.05, 0) is 71.4 Å². The van der Waals surface area contributed by atoms with Crippen LogP contribution in [0.2, 0.25) is 0 Å². The van der Waals surface area contributed by atoms with E-state index in [0.29, 0.717) is 18.0 Å². The first-order valence-corrected chi connectivity index (χ1v) is 15.2. The Bertz CT molecular complexity index is 1590. The fourth-order valence-electron chi connectivity index (χ4n) is 5.71. The molecule has 0 unspecified atom stereocenters. The average Bonchev–Trinajstić information content (AvgIpc) is 3.47. The third-order valence-electron chi connectivity index (χ3n) is 8.10. The molecule has 5 aromatic rings. The lowest BCUT2D eigenvalue weighted by Gasteiger charge is -2.32. The number of ether oxygens (including phenoxy) is 1. The molecule has 1 amide bonds. The number of carbonyl (C=O) groups is 1. The number of amides is 1. The van der Waals surface area contributed by atoms with E-state index in [2.05, 4.69) is 65.3 Å². The number of benzene rings is 3. The second kappa shape index (κ2) is 12.6. The van der Waals surface area contributed by atoms with Crippen LogP contribution in [-0.4, -0.2) is 36.0 Å². The molecule has 0 bridgehead atoms. The van der Waals surface area contributed by atoms with E-state index in [1.165, 1.54) is 22.3 Å². The minimum absolute atomic E-state index is 0.0645. The normalized spacial score (nSPS) is 13.8. The number of fused-ring (bicyclic) bond motifs is 1. The molecule has 6 heteroatoms. The van der Waals surface area contributed by atoms with E-state index >= 15 is 0 Å². The van der Waals surface area contributed by atoms with Crippen molar-refractivity contribution < 1.29 is 9.53 Å². The molecule has 1 aliphatic heterocycles. The van der Waals surface area contributed by atoms with Gasteiger partial charge in [0.25, 0.3) is 5.91 Å². The molecule has 5 nitrogen and oxygen atoms in total. The highest BCUT2D eigenvalue weighted by molar-refractivity contribution is 7.18. The summed E-state index contributed by atoms with van der Waals surface area (Å²) in [5, 5.41) is 5.84. The number of aromatic nitrogens is 1. The molecular weight excluding hydrogens is 526 g/mol. The largest absolute Gasteiger partial charge is 0.497 e. The highest BCUT2D eigenvalue weighted by atomic mass is 32.1.